The Morgan fingerprint density at radius 1 is 1.30 bits per heavy atom. The van der Waals surface area contributed by atoms with Crippen LogP contribution in [-0.4, -0.2) is 6.10 Å². The Kier molecular flexibility index (Phi) is 4.87. The van der Waals surface area contributed by atoms with Gasteiger partial charge in [-0.2, -0.15) is 10.5 Å². The molecule has 1 aliphatic carbocycles. The topological polar surface area (TPSA) is 56.8 Å². The maximum Gasteiger partial charge on any atom is 0.130 e. The summed E-state index contributed by atoms with van der Waals surface area (Å²) in [5, 5.41) is 17.6. The summed E-state index contributed by atoms with van der Waals surface area (Å²) in [7, 11) is 0. The molecule has 1 aromatic carbocycles. The molecule has 0 radical (unpaired) electrons. The van der Waals surface area contributed by atoms with Crippen molar-refractivity contribution in [2.75, 3.05) is 0 Å². The molecule has 0 aliphatic heterocycles. The van der Waals surface area contributed by atoms with Crippen LogP contribution in [0, 0.1) is 28.5 Å². The van der Waals surface area contributed by atoms with Crippen LogP contribution in [0.5, 0.6) is 0 Å². The molecule has 0 heterocycles. The molecule has 3 nitrogen and oxygen atoms in total. The van der Waals surface area contributed by atoms with E-state index in [2.05, 4.69) is 0 Å². The molecular formula is C16H15FN2O. The number of allylic oxidation sites excluding steroid dienone is 1. The highest BCUT2D eigenvalue weighted by atomic mass is 19.1. The number of nitrogens with zero attached hydrogens (tertiary/aromatic N) is 2. The fraction of sp³-hybridized carbons (Fsp3) is 0.375. The summed E-state index contributed by atoms with van der Waals surface area (Å²) in [4.78, 5) is 0. The van der Waals surface area contributed by atoms with Gasteiger partial charge in [0.1, 0.15) is 23.5 Å². The molecule has 1 aromatic rings. The van der Waals surface area contributed by atoms with E-state index in [9.17, 15) is 4.39 Å². The molecule has 1 saturated carbocycles. The van der Waals surface area contributed by atoms with Gasteiger partial charge in [-0.25, -0.2) is 4.39 Å². The van der Waals surface area contributed by atoms with E-state index in [-0.39, 0.29) is 17.5 Å². The Hall–Kier alpha value is -2.17. The van der Waals surface area contributed by atoms with Gasteiger partial charge >= 0.3 is 0 Å². The van der Waals surface area contributed by atoms with Gasteiger partial charge in [0, 0.05) is 0 Å². The lowest BCUT2D eigenvalue weighted by Crippen LogP contribution is -2.08. The van der Waals surface area contributed by atoms with Crippen molar-refractivity contribution in [3.05, 3.63) is 40.7 Å². The zero-order chi connectivity index (χ0) is 14.4. The van der Waals surface area contributed by atoms with Gasteiger partial charge in [-0.15, -0.1) is 0 Å². The molecule has 2 rings (SSSR count). The first kappa shape index (κ1) is 14.2. The summed E-state index contributed by atoms with van der Waals surface area (Å²) in [6, 6.07) is 7.89. The van der Waals surface area contributed by atoms with Gasteiger partial charge in [-0.05, 0) is 42.2 Å². The molecule has 0 spiro atoms. The minimum Gasteiger partial charge on any atom is -0.374 e. The van der Waals surface area contributed by atoms with Crippen LogP contribution in [0.3, 0.4) is 0 Å². The molecule has 0 amide bonds. The number of benzene rings is 1. The minimum atomic E-state index is -0.345. The zero-order valence-electron chi connectivity index (χ0n) is 11.1. The zero-order valence-corrected chi connectivity index (χ0v) is 11.1. The van der Waals surface area contributed by atoms with Crippen LogP contribution in [0.4, 0.5) is 4.39 Å². The molecular weight excluding hydrogens is 255 g/mol. The number of nitriles is 2. The van der Waals surface area contributed by atoms with E-state index >= 15 is 0 Å². The Balaban J connectivity index is 2.17. The lowest BCUT2D eigenvalue weighted by molar-refractivity contribution is 0.0455. The van der Waals surface area contributed by atoms with Crippen LogP contribution >= 0.6 is 0 Å². The third-order valence-corrected chi connectivity index (χ3v) is 3.42. The second kappa shape index (κ2) is 6.84. The molecule has 1 fully saturated rings. The molecule has 4 heteroatoms. The summed E-state index contributed by atoms with van der Waals surface area (Å²) < 4.78 is 19.1. The van der Waals surface area contributed by atoms with Crippen LogP contribution in [0.2, 0.25) is 0 Å². The normalized spacial score (nSPS) is 14.6. The van der Waals surface area contributed by atoms with E-state index < -0.39 is 0 Å². The van der Waals surface area contributed by atoms with Gasteiger partial charge < -0.3 is 4.74 Å². The molecule has 0 unspecified atom stereocenters. The molecule has 0 N–H and O–H groups in total. The Labute approximate surface area is 117 Å². The fourth-order valence-corrected chi connectivity index (χ4v) is 2.35. The van der Waals surface area contributed by atoms with E-state index in [1.807, 2.05) is 0 Å². The highest BCUT2D eigenvalue weighted by Crippen LogP contribution is 2.23. The molecule has 1 aliphatic rings. The highest BCUT2D eigenvalue weighted by molar-refractivity contribution is 5.64. The maximum absolute atomic E-state index is 13.3. The van der Waals surface area contributed by atoms with Crippen LogP contribution in [0.1, 0.15) is 36.8 Å². The van der Waals surface area contributed by atoms with Gasteiger partial charge in [0.2, 0.25) is 0 Å². The summed E-state index contributed by atoms with van der Waals surface area (Å²) in [6.07, 6.45) is 6.14. The summed E-state index contributed by atoms with van der Waals surface area (Å²) in [5.74, 6) is -0.345. The molecule has 0 bridgehead atoms. The largest absolute Gasteiger partial charge is 0.374 e. The average molecular weight is 270 g/mol. The summed E-state index contributed by atoms with van der Waals surface area (Å²) in [6.45, 7) is 0.304. The lowest BCUT2D eigenvalue weighted by Gasteiger charge is -2.13. The molecule has 0 atom stereocenters. The first-order valence-corrected chi connectivity index (χ1v) is 6.65. The van der Waals surface area contributed by atoms with Crippen molar-refractivity contribution in [1.29, 1.82) is 10.5 Å². The third-order valence-electron chi connectivity index (χ3n) is 3.42. The van der Waals surface area contributed by atoms with Crippen molar-refractivity contribution in [3.63, 3.8) is 0 Å². The molecule has 20 heavy (non-hydrogen) atoms. The maximum atomic E-state index is 13.3. The molecule has 0 aromatic heterocycles. The van der Waals surface area contributed by atoms with Crippen molar-refractivity contribution in [2.45, 2.75) is 38.4 Å². The fourth-order valence-electron chi connectivity index (χ4n) is 2.35. The van der Waals surface area contributed by atoms with Gasteiger partial charge in [-0.1, -0.05) is 18.9 Å². The number of ether oxygens (including phenoxy) is 1. The first-order chi connectivity index (χ1) is 9.72. The van der Waals surface area contributed by atoms with Gasteiger partial charge in [0.25, 0.3) is 0 Å². The predicted molar refractivity (Wildman–Crippen MR) is 72.6 cm³/mol. The van der Waals surface area contributed by atoms with Crippen LogP contribution in [0.15, 0.2) is 23.8 Å². The second-order valence-electron chi connectivity index (χ2n) is 4.84. The number of hydrogen-bond acceptors (Lipinski definition) is 3. The Bertz CT molecular complexity index is 573. The Morgan fingerprint density at radius 3 is 2.65 bits per heavy atom. The van der Waals surface area contributed by atoms with Gasteiger partial charge in [0.05, 0.1) is 12.7 Å². The van der Waals surface area contributed by atoms with Gasteiger partial charge in [-0.3, -0.25) is 0 Å². The third kappa shape index (κ3) is 3.66. The molecule has 102 valence electrons. The SMILES string of the molecule is N#CC(C#N)=Cc1ccc(F)cc1COC1CCCC1. The Morgan fingerprint density at radius 2 is 2.00 bits per heavy atom. The lowest BCUT2D eigenvalue weighted by atomic mass is 10.1. The monoisotopic (exact) mass is 270 g/mol. The second-order valence-corrected chi connectivity index (χ2v) is 4.84. The minimum absolute atomic E-state index is 0.00118. The standard InChI is InChI=1S/C16H15FN2O/c17-15-6-5-13(7-12(9-18)10-19)14(8-15)11-20-16-3-1-2-4-16/h5-8,16H,1-4,11H2. The molecule has 0 saturated heterocycles. The van der Waals surface area contributed by atoms with Crippen molar-refractivity contribution >= 4 is 6.08 Å². The van der Waals surface area contributed by atoms with Crippen molar-refractivity contribution in [1.82, 2.24) is 0 Å². The average Bonchev–Trinajstić information content (AvgIpc) is 2.97. The predicted octanol–water partition coefficient (Wildman–Crippen LogP) is 3.72. The van der Waals surface area contributed by atoms with E-state index in [0.29, 0.717) is 17.7 Å². The van der Waals surface area contributed by atoms with E-state index in [1.165, 1.54) is 31.1 Å². The van der Waals surface area contributed by atoms with Gasteiger partial charge in [0.15, 0.2) is 0 Å². The van der Waals surface area contributed by atoms with Crippen LogP contribution in [0.25, 0.3) is 6.08 Å². The van der Waals surface area contributed by atoms with Crippen LogP contribution < -0.4 is 0 Å². The quantitative estimate of drug-likeness (QED) is 0.783. The number of hydrogen-bond donors (Lipinski definition) is 0. The van der Waals surface area contributed by atoms with Crippen LogP contribution in [-0.2, 0) is 11.3 Å². The highest BCUT2D eigenvalue weighted by Gasteiger charge is 2.16. The van der Waals surface area contributed by atoms with E-state index in [0.717, 1.165) is 12.8 Å². The first-order valence-electron chi connectivity index (χ1n) is 6.65. The van der Waals surface area contributed by atoms with Crippen molar-refractivity contribution in [2.24, 2.45) is 0 Å². The van der Waals surface area contributed by atoms with E-state index in [1.54, 1.807) is 18.2 Å². The van der Waals surface area contributed by atoms with Crippen molar-refractivity contribution in [3.8, 4) is 12.1 Å². The van der Waals surface area contributed by atoms with E-state index in [4.69, 9.17) is 15.3 Å². The smallest absolute Gasteiger partial charge is 0.130 e. The number of rotatable bonds is 4. The summed E-state index contributed by atoms with van der Waals surface area (Å²) >= 11 is 0. The summed E-state index contributed by atoms with van der Waals surface area (Å²) in [5.41, 5.74) is 1.32. The number of halogens is 1. The van der Waals surface area contributed by atoms with Crippen molar-refractivity contribution < 1.29 is 9.13 Å².